The van der Waals surface area contributed by atoms with Gasteiger partial charge in [-0.15, -0.1) is 0 Å². The van der Waals surface area contributed by atoms with Crippen LogP contribution in [0.1, 0.15) is 26.4 Å². The minimum absolute atomic E-state index is 0.145. The van der Waals surface area contributed by atoms with E-state index in [1.165, 1.54) is 17.8 Å². The average molecular weight is 259 g/mol. The number of carbonyl (C=O) groups excluding carboxylic acids is 1. The lowest BCUT2D eigenvalue weighted by Gasteiger charge is -2.07. The van der Waals surface area contributed by atoms with Crippen LogP contribution in [0.5, 0.6) is 0 Å². The quantitative estimate of drug-likeness (QED) is 0.868. The van der Waals surface area contributed by atoms with Crippen molar-refractivity contribution < 1.29 is 14.7 Å². The van der Waals surface area contributed by atoms with Gasteiger partial charge in [0.25, 0.3) is 5.91 Å². The second-order valence-corrected chi connectivity index (χ2v) is 4.05. The summed E-state index contributed by atoms with van der Waals surface area (Å²) in [6.45, 7) is 1.81. The smallest absolute Gasteiger partial charge is 0.337 e. The van der Waals surface area contributed by atoms with Gasteiger partial charge in [0.05, 0.1) is 11.3 Å². The van der Waals surface area contributed by atoms with Crippen molar-refractivity contribution in [3.63, 3.8) is 0 Å². The molecule has 2 N–H and O–H groups in total. The molecule has 1 aromatic heterocycles. The van der Waals surface area contributed by atoms with Crippen LogP contribution in [0, 0.1) is 6.92 Å². The molecule has 0 saturated heterocycles. The van der Waals surface area contributed by atoms with Crippen molar-refractivity contribution in [3.05, 3.63) is 47.3 Å². The van der Waals surface area contributed by atoms with Crippen LogP contribution in [0.4, 0.5) is 0 Å². The van der Waals surface area contributed by atoms with E-state index in [0.29, 0.717) is 5.69 Å². The minimum Gasteiger partial charge on any atom is -0.478 e. The normalized spacial score (nSPS) is 10.2. The van der Waals surface area contributed by atoms with E-state index in [-0.39, 0.29) is 17.2 Å². The Bertz CT molecular complexity index is 646. The Balaban J connectivity index is 2.50. The third kappa shape index (κ3) is 2.47. The van der Waals surface area contributed by atoms with Gasteiger partial charge >= 0.3 is 5.97 Å². The number of aromatic carboxylic acids is 1. The van der Waals surface area contributed by atoms with Gasteiger partial charge in [-0.2, -0.15) is 5.10 Å². The number of benzene rings is 1. The SMILES string of the molecule is CNC(=O)c1ccn(-c2ccc(C)cc2C(=O)O)n1. The summed E-state index contributed by atoms with van der Waals surface area (Å²) in [5.41, 5.74) is 1.65. The highest BCUT2D eigenvalue weighted by molar-refractivity contribution is 5.93. The Labute approximate surface area is 109 Å². The highest BCUT2D eigenvalue weighted by atomic mass is 16.4. The first-order valence-electron chi connectivity index (χ1n) is 5.65. The summed E-state index contributed by atoms with van der Waals surface area (Å²) in [5, 5.41) is 15.7. The monoisotopic (exact) mass is 259 g/mol. The highest BCUT2D eigenvalue weighted by Gasteiger charge is 2.14. The van der Waals surface area contributed by atoms with Gasteiger partial charge in [-0.25, -0.2) is 9.48 Å². The molecule has 0 unspecified atom stereocenters. The fourth-order valence-electron chi connectivity index (χ4n) is 1.73. The Morgan fingerprint density at radius 3 is 2.68 bits per heavy atom. The van der Waals surface area contributed by atoms with Crippen molar-refractivity contribution in [2.24, 2.45) is 0 Å². The van der Waals surface area contributed by atoms with Crippen molar-refractivity contribution in [2.45, 2.75) is 6.92 Å². The summed E-state index contributed by atoms with van der Waals surface area (Å²) in [4.78, 5) is 22.7. The van der Waals surface area contributed by atoms with E-state index in [1.54, 1.807) is 24.4 Å². The van der Waals surface area contributed by atoms with Crippen molar-refractivity contribution in [2.75, 3.05) is 7.05 Å². The molecule has 0 aliphatic carbocycles. The van der Waals surface area contributed by atoms with E-state index in [4.69, 9.17) is 0 Å². The number of hydrogen-bond acceptors (Lipinski definition) is 3. The average Bonchev–Trinajstić information content (AvgIpc) is 2.87. The van der Waals surface area contributed by atoms with Gasteiger partial charge in [-0.1, -0.05) is 11.6 Å². The molecule has 0 bridgehead atoms. The van der Waals surface area contributed by atoms with Crippen LogP contribution in [0.2, 0.25) is 0 Å². The third-order valence-electron chi connectivity index (χ3n) is 2.68. The van der Waals surface area contributed by atoms with Crippen molar-refractivity contribution in [1.29, 1.82) is 0 Å². The molecule has 1 amide bonds. The van der Waals surface area contributed by atoms with Gasteiger partial charge in [-0.3, -0.25) is 4.79 Å². The zero-order valence-electron chi connectivity index (χ0n) is 10.5. The number of aryl methyl sites for hydroxylation is 1. The van der Waals surface area contributed by atoms with Crippen molar-refractivity contribution >= 4 is 11.9 Å². The number of aromatic nitrogens is 2. The number of carbonyl (C=O) groups is 2. The number of carboxylic acid groups (broad SMARTS) is 1. The van der Waals surface area contributed by atoms with E-state index >= 15 is 0 Å². The summed E-state index contributed by atoms with van der Waals surface area (Å²) < 4.78 is 1.38. The van der Waals surface area contributed by atoms with E-state index in [1.807, 2.05) is 6.92 Å². The topological polar surface area (TPSA) is 84.2 Å². The van der Waals surface area contributed by atoms with E-state index in [2.05, 4.69) is 10.4 Å². The van der Waals surface area contributed by atoms with Gasteiger partial charge in [0, 0.05) is 13.2 Å². The molecule has 6 heteroatoms. The first-order valence-corrected chi connectivity index (χ1v) is 5.65. The Hall–Kier alpha value is -2.63. The third-order valence-corrected chi connectivity index (χ3v) is 2.68. The molecule has 0 fully saturated rings. The number of nitrogens with one attached hydrogen (secondary N) is 1. The number of nitrogens with zero attached hydrogens (tertiary/aromatic N) is 2. The number of rotatable bonds is 3. The number of hydrogen-bond donors (Lipinski definition) is 2. The summed E-state index contributed by atoms with van der Waals surface area (Å²) in [7, 11) is 1.51. The minimum atomic E-state index is -1.03. The lowest BCUT2D eigenvalue weighted by molar-refractivity contribution is 0.0696. The van der Waals surface area contributed by atoms with Crippen LogP contribution in [0.3, 0.4) is 0 Å². The first kappa shape index (κ1) is 12.8. The lowest BCUT2D eigenvalue weighted by Crippen LogP contribution is -2.18. The van der Waals surface area contributed by atoms with Crippen LogP contribution >= 0.6 is 0 Å². The molecular formula is C13H13N3O3. The zero-order chi connectivity index (χ0) is 14.0. The van der Waals surface area contributed by atoms with Crippen LogP contribution < -0.4 is 5.32 Å². The molecule has 0 spiro atoms. The second-order valence-electron chi connectivity index (χ2n) is 4.05. The van der Waals surface area contributed by atoms with Gasteiger partial charge in [0.15, 0.2) is 5.69 Å². The molecule has 0 aliphatic rings. The molecule has 0 aliphatic heterocycles. The molecule has 0 atom stereocenters. The van der Waals surface area contributed by atoms with E-state index < -0.39 is 5.97 Å². The maximum Gasteiger partial charge on any atom is 0.337 e. The molecule has 2 rings (SSSR count). The Morgan fingerprint density at radius 1 is 1.32 bits per heavy atom. The maximum absolute atomic E-state index is 11.4. The summed E-state index contributed by atoms with van der Waals surface area (Å²) in [6.07, 6.45) is 1.56. The van der Waals surface area contributed by atoms with Crippen LogP contribution in [0.15, 0.2) is 30.5 Å². The molecule has 19 heavy (non-hydrogen) atoms. The molecule has 1 heterocycles. The zero-order valence-corrected chi connectivity index (χ0v) is 10.5. The summed E-state index contributed by atoms with van der Waals surface area (Å²) >= 11 is 0. The maximum atomic E-state index is 11.4. The lowest BCUT2D eigenvalue weighted by atomic mass is 10.1. The van der Waals surface area contributed by atoms with Crippen LogP contribution in [0.25, 0.3) is 5.69 Å². The molecule has 2 aromatic rings. The number of amides is 1. The Kier molecular flexibility index (Phi) is 3.33. The van der Waals surface area contributed by atoms with Crippen molar-refractivity contribution in [1.82, 2.24) is 15.1 Å². The molecule has 1 aromatic carbocycles. The number of carboxylic acids is 1. The molecule has 6 nitrogen and oxygen atoms in total. The fourth-order valence-corrected chi connectivity index (χ4v) is 1.73. The molecule has 0 saturated carbocycles. The fraction of sp³-hybridized carbons (Fsp3) is 0.154. The molecule has 0 radical (unpaired) electrons. The standard InChI is InChI=1S/C13H13N3O3/c1-8-3-4-11(9(7-8)13(18)19)16-6-5-10(15-16)12(17)14-2/h3-7H,1-2H3,(H,14,17)(H,18,19). The Morgan fingerprint density at radius 2 is 2.05 bits per heavy atom. The van der Waals surface area contributed by atoms with E-state index in [9.17, 15) is 14.7 Å². The van der Waals surface area contributed by atoms with Crippen molar-refractivity contribution in [3.8, 4) is 5.69 Å². The predicted molar refractivity (Wildman–Crippen MR) is 68.7 cm³/mol. The summed E-state index contributed by atoms with van der Waals surface area (Å²) in [6, 6.07) is 6.56. The highest BCUT2D eigenvalue weighted by Crippen LogP contribution is 2.16. The predicted octanol–water partition coefficient (Wildman–Crippen LogP) is 1.24. The van der Waals surface area contributed by atoms with Gasteiger partial charge in [0.2, 0.25) is 0 Å². The first-order chi connectivity index (χ1) is 9.02. The van der Waals surface area contributed by atoms with Gasteiger partial charge < -0.3 is 10.4 Å². The summed E-state index contributed by atoms with van der Waals surface area (Å²) in [5.74, 6) is -1.35. The van der Waals surface area contributed by atoms with Crippen LogP contribution in [-0.4, -0.2) is 33.8 Å². The molecule has 98 valence electrons. The van der Waals surface area contributed by atoms with Crippen LogP contribution in [-0.2, 0) is 0 Å². The second kappa shape index (κ2) is 4.93. The van der Waals surface area contributed by atoms with E-state index in [0.717, 1.165) is 5.56 Å². The van der Waals surface area contributed by atoms with Gasteiger partial charge in [-0.05, 0) is 25.1 Å². The largest absolute Gasteiger partial charge is 0.478 e. The van der Waals surface area contributed by atoms with Gasteiger partial charge in [0.1, 0.15) is 0 Å². The molecular weight excluding hydrogens is 246 g/mol.